The van der Waals surface area contributed by atoms with Gasteiger partial charge < -0.3 is 16.0 Å². The number of nitrogens with one attached hydrogen (secondary N) is 2. The monoisotopic (exact) mass is 427 g/mol. The number of nitrogens with zero attached hydrogens (tertiary/aromatic N) is 4. The van der Waals surface area contributed by atoms with E-state index in [9.17, 15) is 0 Å². The van der Waals surface area contributed by atoms with Crippen molar-refractivity contribution in [2.45, 2.75) is 51.6 Å². The minimum atomic E-state index is 0.347. The van der Waals surface area contributed by atoms with Crippen LogP contribution < -0.4 is 11.1 Å². The molecule has 0 unspecified atom stereocenters. The number of likely N-dealkylation sites (tertiary alicyclic amines) is 1. The van der Waals surface area contributed by atoms with Crippen molar-refractivity contribution in [1.82, 2.24) is 24.8 Å². The molecule has 1 fully saturated rings. The number of nitrogen functional groups attached to an aromatic ring is 1. The SMILES string of the molecule is Cc1c2c(nc3nc(NC4CCN(Cc5cccc6cc[nH]c56)CC4)nc(N)c13)CCC2. The molecule has 1 aliphatic carbocycles. The Labute approximate surface area is 187 Å². The average molecular weight is 428 g/mol. The van der Waals surface area contributed by atoms with Crippen LogP contribution in [0.4, 0.5) is 11.8 Å². The van der Waals surface area contributed by atoms with Gasteiger partial charge in [-0.25, -0.2) is 4.98 Å². The number of pyridine rings is 1. The molecule has 7 heteroatoms. The number of para-hydroxylation sites is 1. The smallest absolute Gasteiger partial charge is 0.226 e. The van der Waals surface area contributed by atoms with Crippen LogP contribution in [-0.2, 0) is 19.4 Å². The summed E-state index contributed by atoms with van der Waals surface area (Å²) >= 11 is 0. The second-order valence-electron chi connectivity index (χ2n) is 9.20. The number of aryl methyl sites for hydroxylation is 2. The number of hydrogen-bond donors (Lipinski definition) is 3. The molecule has 3 aromatic heterocycles. The highest BCUT2D eigenvalue weighted by atomic mass is 15.2. The molecule has 32 heavy (non-hydrogen) atoms. The summed E-state index contributed by atoms with van der Waals surface area (Å²) < 4.78 is 0. The number of benzene rings is 1. The third-order valence-corrected chi connectivity index (χ3v) is 7.16. The van der Waals surface area contributed by atoms with Gasteiger partial charge in [-0.15, -0.1) is 0 Å². The molecule has 4 N–H and O–H groups in total. The maximum absolute atomic E-state index is 6.36. The van der Waals surface area contributed by atoms with E-state index in [-0.39, 0.29) is 0 Å². The van der Waals surface area contributed by atoms with Crippen molar-refractivity contribution in [1.29, 1.82) is 0 Å². The predicted octanol–water partition coefficient (Wildman–Crippen LogP) is 3.96. The maximum atomic E-state index is 6.36. The maximum Gasteiger partial charge on any atom is 0.226 e. The lowest BCUT2D eigenvalue weighted by Gasteiger charge is -2.32. The van der Waals surface area contributed by atoms with E-state index in [0.29, 0.717) is 17.8 Å². The first-order valence-electron chi connectivity index (χ1n) is 11.6. The summed E-state index contributed by atoms with van der Waals surface area (Å²) in [5.74, 6) is 1.14. The zero-order chi connectivity index (χ0) is 21.7. The van der Waals surface area contributed by atoms with Crippen LogP contribution in [-0.4, -0.2) is 44.0 Å². The Morgan fingerprint density at radius 1 is 1.12 bits per heavy atom. The first kappa shape index (κ1) is 19.5. The van der Waals surface area contributed by atoms with Crippen molar-refractivity contribution in [3.63, 3.8) is 0 Å². The summed E-state index contributed by atoms with van der Waals surface area (Å²) in [7, 11) is 0. The van der Waals surface area contributed by atoms with Gasteiger partial charge in [0.05, 0.1) is 5.39 Å². The van der Waals surface area contributed by atoms with Crippen molar-refractivity contribution in [3.05, 3.63) is 52.8 Å². The lowest BCUT2D eigenvalue weighted by atomic mass is 10.0. The molecule has 4 aromatic rings. The average Bonchev–Trinajstić information content (AvgIpc) is 3.45. The first-order valence-corrected chi connectivity index (χ1v) is 11.6. The van der Waals surface area contributed by atoms with Gasteiger partial charge in [-0.2, -0.15) is 9.97 Å². The van der Waals surface area contributed by atoms with Crippen molar-refractivity contribution in [3.8, 4) is 0 Å². The Balaban J connectivity index is 1.15. The third kappa shape index (κ3) is 3.37. The van der Waals surface area contributed by atoms with Crippen LogP contribution in [0.15, 0.2) is 30.5 Å². The molecule has 1 aliphatic heterocycles. The van der Waals surface area contributed by atoms with E-state index in [2.05, 4.69) is 51.4 Å². The molecule has 6 rings (SSSR count). The van der Waals surface area contributed by atoms with Gasteiger partial charge in [-0.05, 0) is 67.2 Å². The van der Waals surface area contributed by atoms with Crippen LogP contribution >= 0.6 is 0 Å². The minimum absolute atomic E-state index is 0.347. The molecule has 0 radical (unpaired) electrons. The molecule has 0 bridgehead atoms. The van der Waals surface area contributed by atoms with Gasteiger partial charge in [-0.1, -0.05) is 18.2 Å². The molecule has 0 amide bonds. The Morgan fingerprint density at radius 2 is 2.00 bits per heavy atom. The summed E-state index contributed by atoms with van der Waals surface area (Å²) in [6, 6.07) is 9.01. The third-order valence-electron chi connectivity index (χ3n) is 7.16. The molecule has 2 aliphatic rings. The summed E-state index contributed by atoms with van der Waals surface area (Å²) in [5, 5.41) is 5.73. The van der Waals surface area contributed by atoms with Crippen molar-refractivity contribution < 1.29 is 0 Å². The fourth-order valence-electron chi connectivity index (χ4n) is 5.45. The Hall–Kier alpha value is -3.19. The molecule has 1 saturated heterocycles. The van der Waals surface area contributed by atoms with Crippen LogP contribution in [0.3, 0.4) is 0 Å². The van der Waals surface area contributed by atoms with E-state index in [0.717, 1.165) is 62.8 Å². The van der Waals surface area contributed by atoms with E-state index in [1.54, 1.807) is 0 Å². The summed E-state index contributed by atoms with van der Waals surface area (Å²) in [5.41, 5.74) is 13.4. The number of nitrogens with two attached hydrogens (primary N) is 1. The van der Waals surface area contributed by atoms with Crippen LogP contribution in [0, 0.1) is 6.92 Å². The fourth-order valence-corrected chi connectivity index (χ4v) is 5.45. The van der Waals surface area contributed by atoms with E-state index in [1.807, 2.05) is 6.20 Å². The molecule has 0 atom stereocenters. The molecular formula is C25H29N7. The topological polar surface area (TPSA) is 95.8 Å². The minimum Gasteiger partial charge on any atom is -0.383 e. The first-order chi connectivity index (χ1) is 15.7. The highest BCUT2D eigenvalue weighted by molar-refractivity contribution is 5.90. The van der Waals surface area contributed by atoms with Crippen molar-refractivity contribution in [2.75, 3.05) is 24.1 Å². The van der Waals surface area contributed by atoms with Crippen molar-refractivity contribution in [2.24, 2.45) is 0 Å². The normalized spacial score (nSPS) is 17.3. The van der Waals surface area contributed by atoms with Crippen LogP contribution in [0.5, 0.6) is 0 Å². The van der Waals surface area contributed by atoms with Gasteiger partial charge in [0.2, 0.25) is 5.95 Å². The molecule has 1 aromatic carbocycles. The highest BCUT2D eigenvalue weighted by Crippen LogP contribution is 2.31. The summed E-state index contributed by atoms with van der Waals surface area (Å²) in [6.07, 6.45) is 7.41. The van der Waals surface area contributed by atoms with Crippen LogP contribution in [0.25, 0.3) is 21.9 Å². The largest absolute Gasteiger partial charge is 0.383 e. The second-order valence-corrected chi connectivity index (χ2v) is 9.20. The molecule has 164 valence electrons. The van der Waals surface area contributed by atoms with Crippen molar-refractivity contribution >= 4 is 33.7 Å². The molecule has 0 spiro atoms. The number of fused-ring (bicyclic) bond motifs is 3. The highest BCUT2D eigenvalue weighted by Gasteiger charge is 2.23. The number of aromatic amines is 1. The number of anilines is 2. The predicted molar refractivity (Wildman–Crippen MR) is 129 cm³/mol. The quantitative estimate of drug-likeness (QED) is 0.456. The number of H-pyrrole nitrogens is 1. The number of hydrogen-bond acceptors (Lipinski definition) is 6. The van der Waals surface area contributed by atoms with Gasteiger partial charge >= 0.3 is 0 Å². The van der Waals surface area contributed by atoms with Gasteiger partial charge in [0.15, 0.2) is 5.65 Å². The summed E-state index contributed by atoms with van der Waals surface area (Å²) in [6.45, 7) is 5.19. The number of rotatable bonds is 4. The van der Waals surface area contributed by atoms with Gasteiger partial charge in [0.1, 0.15) is 5.82 Å². The van der Waals surface area contributed by atoms with Gasteiger partial charge in [0, 0.05) is 43.1 Å². The zero-order valence-corrected chi connectivity index (χ0v) is 18.5. The van der Waals surface area contributed by atoms with Crippen LogP contribution in [0.1, 0.15) is 41.6 Å². The van der Waals surface area contributed by atoms with Gasteiger partial charge in [-0.3, -0.25) is 4.90 Å². The number of piperidine rings is 1. The van der Waals surface area contributed by atoms with E-state index in [1.165, 1.54) is 33.3 Å². The molecule has 0 saturated carbocycles. The summed E-state index contributed by atoms with van der Waals surface area (Å²) in [4.78, 5) is 20.1. The van der Waals surface area contributed by atoms with Gasteiger partial charge in [0.25, 0.3) is 0 Å². The standard InChI is InChI=1S/C25H29N7/c1-15-19-6-3-7-20(19)29-24-21(15)23(26)30-25(31-24)28-18-9-12-32(13-10-18)14-17-5-2-4-16-8-11-27-22(16)17/h2,4-5,8,11,18,27H,3,6-7,9-10,12-14H2,1H3,(H3,26,28,29,30,31). The lowest BCUT2D eigenvalue weighted by Crippen LogP contribution is -2.39. The van der Waals surface area contributed by atoms with E-state index >= 15 is 0 Å². The Bertz CT molecular complexity index is 1300. The Kier molecular flexibility index (Phi) is 4.72. The molecular weight excluding hydrogens is 398 g/mol. The Morgan fingerprint density at radius 3 is 2.88 bits per heavy atom. The van der Waals surface area contributed by atoms with Crippen LogP contribution in [0.2, 0.25) is 0 Å². The number of aromatic nitrogens is 4. The molecule has 7 nitrogen and oxygen atoms in total. The zero-order valence-electron chi connectivity index (χ0n) is 18.5. The van der Waals surface area contributed by atoms with E-state index < -0.39 is 0 Å². The molecule has 4 heterocycles. The fraction of sp³-hybridized carbons (Fsp3) is 0.400. The second kappa shape index (κ2) is 7.74. The lowest BCUT2D eigenvalue weighted by molar-refractivity contribution is 0.211. The van der Waals surface area contributed by atoms with E-state index in [4.69, 9.17) is 15.7 Å².